The number of aliphatic hydroxyl groups excluding tert-OH is 1. The van der Waals surface area contributed by atoms with Gasteiger partial charge in [0, 0.05) is 32.2 Å². The fraction of sp³-hybridized carbons (Fsp3) is 0.545. The Labute approximate surface area is 171 Å². The van der Waals surface area contributed by atoms with Gasteiger partial charge in [-0.1, -0.05) is 42.4 Å². The van der Waals surface area contributed by atoms with Crippen molar-refractivity contribution in [3.63, 3.8) is 0 Å². The summed E-state index contributed by atoms with van der Waals surface area (Å²) in [5, 5.41) is 13.8. The number of aromatic nitrogens is 1. The lowest BCUT2D eigenvalue weighted by Crippen LogP contribution is -2.52. The molecule has 2 atom stereocenters. The number of morpholine rings is 1. The van der Waals surface area contributed by atoms with Crippen LogP contribution in [0.25, 0.3) is 0 Å². The molecule has 0 aliphatic carbocycles. The molecule has 2 aliphatic heterocycles. The van der Waals surface area contributed by atoms with E-state index in [0.717, 1.165) is 50.2 Å². The number of carbonyl (C=O) groups is 1. The number of carbonyl (C=O) groups excluding carboxylic acids is 1. The van der Waals surface area contributed by atoms with Crippen molar-refractivity contribution in [2.24, 2.45) is 0 Å². The molecule has 0 spiro atoms. The zero-order valence-corrected chi connectivity index (χ0v) is 16.9. The third kappa shape index (κ3) is 4.52. The second-order valence-electron chi connectivity index (χ2n) is 7.83. The average molecular weight is 399 g/mol. The van der Waals surface area contributed by atoms with Crippen LogP contribution in [0.1, 0.15) is 47.6 Å². The number of amides is 1. The monoisotopic (exact) mass is 399 g/mol. The summed E-state index contributed by atoms with van der Waals surface area (Å²) in [5.74, 6) is 0.137. The van der Waals surface area contributed by atoms with Crippen LogP contribution in [-0.2, 0) is 11.2 Å². The van der Waals surface area contributed by atoms with Gasteiger partial charge in [-0.15, -0.1) is 0 Å². The Morgan fingerprint density at radius 1 is 1.21 bits per heavy atom. The Morgan fingerprint density at radius 3 is 2.66 bits per heavy atom. The number of nitrogens with zero attached hydrogens (tertiary/aromatic N) is 3. The molecule has 0 bridgehead atoms. The summed E-state index contributed by atoms with van der Waals surface area (Å²) >= 11 is 0. The van der Waals surface area contributed by atoms with E-state index in [4.69, 9.17) is 9.26 Å². The van der Waals surface area contributed by atoms with Crippen LogP contribution in [0.2, 0.25) is 0 Å². The number of hydrogen-bond donors (Lipinski definition) is 1. The van der Waals surface area contributed by atoms with E-state index in [1.807, 2.05) is 42.2 Å². The van der Waals surface area contributed by atoms with Gasteiger partial charge in [0.25, 0.3) is 5.91 Å². The van der Waals surface area contributed by atoms with E-state index >= 15 is 0 Å². The van der Waals surface area contributed by atoms with Crippen molar-refractivity contribution in [3.8, 4) is 0 Å². The maximum absolute atomic E-state index is 13.3. The molecule has 4 rings (SSSR count). The smallest absolute Gasteiger partial charge is 0.293 e. The van der Waals surface area contributed by atoms with Crippen LogP contribution >= 0.6 is 0 Å². The Morgan fingerprint density at radius 2 is 1.97 bits per heavy atom. The highest BCUT2D eigenvalue weighted by Crippen LogP contribution is 2.32. The number of aryl methyl sites for hydroxylation is 1. The van der Waals surface area contributed by atoms with E-state index in [2.05, 4.69) is 10.1 Å². The van der Waals surface area contributed by atoms with Gasteiger partial charge < -0.3 is 24.2 Å². The maximum Gasteiger partial charge on any atom is 0.293 e. The normalized spacial score (nSPS) is 24.0. The largest absolute Gasteiger partial charge is 0.393 e. The number of aliphatic hydroxyl groups is 1. The molecule has 2 fully saturated rings. The van der Waals surface area contributed by atoms with E-state index in [-0.39, 0.29) is 29.9 Å². The standard InChI is InChI=1S/C22H29N3O4/c1-2-17-14-19(29-23-17)22(27)25-12-13-28-20(15-24-10-8-18(26)9-11-24)21(25)16-6-4-3-5-7-16/h3-7,14,18,20-21,26H,2,8-13,15H2,1H3/t20-,21-/m0/s1. The minimum absolute atomic E-state index is 0.140. The highest BCUT2D eigenvalue weighted by molar-refractivity contribution is 5.92. The van der Waals surface area contributed by atoms with E-state index < -0.39 is 0 Å². The van der Waals surface area contributed by atoms with Crippen LogP contribution in [0.15, 0.2) is 40.9 Å². The zero-order chi connectivity index (χ0) is 20.2. The first-order valence-electron chi connectivity index (χ1n) is 10.5. The lowest BCUT2D eigenvalue weighted by atomic mass is 9.96. The van der Waals surface area contributed by atoms with Crippen molar-refractivity contribution >= 4 is 5.91 Å². The lowest BCUT2D eigenvalue weighted by Gasteiger charge is -2.43. The van der Waals surface area contributed by atoms with Crippen LogP contribution in [0, 0.1) is 0 Å². The molecular formula is C22H29N3O4. The zero-order valence-electron chi connectivity index (χ0n) is 16.9. The molecular weight excluding hydrogens is 370 g/mol. The Bertz CT molecular complexity index is 801. The summed E-state index contributed by atoms with van der Waals surface area (Å²) in [6.45, 7) is 5.41. The fourth-order valence-electron chi connectivity index (χ4n) is 4.24. The predicted octanol–water partition coefficient (Wildman–Crippen LogP) is 2.28. The maximum atomic E-state index is 13.3. The average Bonchev–Trinajstić information content (AvgIpc) is 3.25. The first kappa shape index (κ1) is 20.1. The molecule has 1 aromatic heterocycles. The lowest BCUT2D eigenvalue weighted by molar-refractivity contribution is -0.0777. The van der Waals surface area contributed by atoms with Gasteiger partial charge in [0.15, 0.2) is 0 Å². The number of benzene rings is 1. The van der Waals surface area contributed by atoms with E-state index in [1.165, 1.54) is 0 Å². The molecule has 3 heterocycles. The summed E-state index contributed by atoms with van der Waals surface area (Å²) in [6.07, 6.45) is 1.94. The van der Waals surface area contributed by atoms with Crippen molar-refractivity contribution < 1.29 is 19.2 Å². The minimum atomic E-state index is -0.208. The van der Waals surface area contributed by atoms with Crippen molar-refractivity contribution in [3.05, 3.63) is 53.4 Å². The molecule has 1 N–H and O–H groups in total. The van der Waals surface area contributed by atoms with E-state index in [9.17, 15) is 9.90 Å². The summed E-state index contributed by atoms with van der Waals surface area (Å²) < 4.78 is 11.5. The third-order valence-corrected chi connectivity index (χ3v) is 5.88. The first-order chi connectivity index (χ1) is 14.2. The molecule has 1 amide bonds. The van der Waals surface area contributed by atoms with Gasteiger partial charge in [0.1, 0.15) is 0 Å². The van der Waals surface area contributed by atoms with Crippen molar-refractivity contribution in [2.45, 2.75) is 44.4 Å². The van der Waals surface area contributed by atoms with Gasteiger partial charge in [-0.05, 0) is 24.8 Å². The highest BCUT2D eigenvalue weighted by atomic mass is 16.5. The number of likely N-dealkylation sites (tertiary alicyclic amines) is 1. The van der Waals surface area contributed by atoms with Crippen LogP contribution < -0.4 is 0 Å². The van der Waals surface area contributed by atoms with Crippen LogP contribution in [0.4, 0.5) is 0 Å². The number of hydrogen-bond acceptors (Lipinski definition) is 6. The molecule has 0 unspecified atom stereocenters. The van der Waals surface area contributed by atoms with Gasteiger partial charge in [-0.2, -0.15) is 0 Å². The van der Waals surface area contributed by atoms with Gasteiger partial charge in [-0.3, -0.25) is 4.79 Å². The number of rotatable bonds is 5. The number of piperidine rings is 1. The van der Waals surface area contributed by atoms with Crippen LogP contribution in [0.5, 0.6) is 0 Å². The second kappa shape index (κ2) is 9.07. The third-order valence-electron chi connectivity index (χ3n) is 5.88. The molecule has 7 nitrogen and oxygen atoms in total. The summed E-state index contributed by atoms with van der Waals surface area (Å²) in [5.41, 5.74) is 1.83. The Hall–Kier alpha value is -2.22. The minimum Gasteiger partial charge on any atom is -0.393 e. The fourth-order valence-corrected chi connectivity index (χ4v) is 4.24. The van der Waals surface area contributed by atoms with Crippen molar-refractivity contribution in [2.75, 3.05) is 32.8 Å². The Kier molecular flexibility index (Phi) is 6.28. The highest BCUT2D eigenvalue weighted by Gasteiger charge is 2.39. The first-order valence-corrected chi connectivity index (χ1v) is 10.5. The quantitative estimate of drug-likeness (QED) is 0.831. The van der Waals surface area contributed by atoms with Crippen LogP contribution in [0.3, 0.4) is 0 Å². The number of ether oxygens (including phenoxy) is 1. The summed E-state index contributed by atoms with van der Waals surface area (Å²) in [6, 6.07) is 11.6. The van der Waals surface area contributed by atoms with Gasteiger partial charge in [0.05, 0.1) is 30.6 Å². The molecule has 2 aromatic rings. The topological polar surface area (TPSA) is 79.0 Å². The van der Waals surface area contributed by atoms with Crippen molar-refractivity contribution in [1.29, 1.82) is 0 Å². The van der Waals surface area contributed by atoms with E-state index in [0.29, 0.717) is 13.2 Å². The summed E-state index contributed by atoms with van der Waals surface area (Å²) in [7, 11) is 0. The molecule has 2 saturated heterocycles. The molecule has 7 heteroatoms. The second-order valence-corrected chi connectivity index (χ2v) is 7.83. The Balaban J connectivity index is 1.58. The molecule has 156 valence electrons. The summed E-state index contributed by atoms with van der Waals surface area (Å²) in [4.78, 5) is 17.5. The van der Waals surface area contributed by atoms with Crippen molar-refractivity contribution in [1.82, 2.24) is 15.0 Å². The SMILES string of the molecule is CCc1cc(C(=O)N2CCO[C@@H](CN3CCC(O)CC3)[C@@H]2c2ccccc2)on1. The molecule has 0 radical (unpaired) electrons. The predicted molar refractivity (Wildman–Crippen MR) is 108 cm³/mol. The molecule has 29 heavy (non-hydrogen) atoms. The van der Waals surface area contributed by atoms with Gasteiger partial charge in [-0.25, -0.2) is 0 Å². The molecule has 1 aromatic carbocycles. The molecule has 2 aliphatic rings. The van der Waals surface area contributed by atoms with Gasteiger partial charge in [0.2, 0.25) is 5.76 Å². The van der Waals surface area contributed by atoms with Crippen LogP contribution in [-0.4, -0.2) is 71.0 Å². The molecule has 0 saturated carbocycles. The van der Waals surface area contributed by atoms with Gasteiger partial charge >= 0.3 is 0 Å². The van der Waals surface area contributed by atoms with E-state index in [1.54, 1.807) is 6.07 Å².